The van der Waals surface area contributed by atoms with E-state index in [-0.39, 0.29) is 28.5 Å². The maximum absolute atomic E-state index is 12.6. The number of pyridine rings is 1. The maximum Gasteiger partial charge on any atom is 0.149 e. The van der Waals surface area contributed by atoms with Crippen LogP contribution in [-0.2, 0) is 16.2 Å². The zero-order chi connectivity index (χ0) is 60.6. The molecule has 0 aliphatic heterocycles. The van der Waals surface area contributed by atoms with Crippen LogP contribution in [0.15, 0.2) is 127 Å². The predicted molar refractivity (Wildman–Crippen MR) is 281 cm³/mol. The molecule has 4 heteroatoms. The molecular formula is C62H69N3O. The number of para-hydroxylation sites is 1. The van der Waals surface area contributed by atoms with Crippen molar-refractivity contribution < 1.29 is 25.7 Å². The molecule has 0 saturated carbocycles. The minimum absolute atomic E-state index is 0.0311. The average Bonchev–Trinajstić information content (AvgIpc) is 3.92. The number of rotatable bonds is 8. The molecule has 0 bridgehead atoms. The van der Waals surface area contributed by atoms with Crippen LogP contribution < -0.4 is 0 Å². The first-order valence-corrected chi connectivity index (χ1v) is 22.4. The van der Waals surface area contributed by atoms with Crippen molar-refractivity contribution in [3.05, 3.63) is 166 Å². The first-order valence-electron chi connectivity index (χ1n) is 29.9. The molecular weight excluding hydrogens is 803 g/mol. The molecule has 0 saturated heterocycles. The van der Waals surface area contributed by atoms with Crippen LogP contribution in [0, 0.1) is 13.7 Å². The van der Waals surface area contributed by atoms with Gasteiger partial charge in [-0.2, -0.15) is 0 Å². The number of hydrogen-bond donors (Lipinski definition) is 1. The van der Waals surface area contributed by atoms with E-state index in [9.17, 15) is 6.48 Å². The summed E-state index contributed by atoms with van der Waals surface area (Å²) in [5, 5.41) is 12.6. The fourth-order valence-electron chi connectivity index (χ4n) is 8.22. The third-order valence-corrected chi connectivity index (χ3v) is 12.2. The lowest BCUT2D eigenvalue weighted by atomic mass is 9.79. The number of aromatic hydroxyl groups is 1. The van der Waals surface area contributed by atoms with Gasteiger partial charge in [0, 0.05) is 33.8 Å². The molecule has 0 aliphatic rings. The van der Waals surface area contributed by atoms with Crippen molar-refractivity contribution in [2.24, 2.45) is 0 Å². The highest BCUT2D eigenvalue weighted by atomic mass is 16.3. The van der Waals surface area contributed by atoms with Crippen molar-refractivity contribution in [2.45, 2.75) is 132 Å². The van der Waals surface area contributed by atoms with Crippen LogP contribution >= 0.6 is 0 Å². The van der Waals surface area contributed by atoms with E-state index < -0.39 is 101 Å². The summed E-state index contributed by atoms with van der Waals surface area (Å²) in [7, 11) is 0. The number of benzene rings is 6. The van der Waals surface area contributed by atoms with Crippen LogP contribution in [0.5, 0.6) is 5.75 Å². The van der Waals surface area contributed by atoms with Gasteiger partial charge in [-0.3, -0.25) is 9.55 Å². The second kappa shape index (κ2) is 17.2. The largest absolute Gasteiger partial charge is 0.507 e. The molecule has 0 fully saturated rings. The molecule has 4 nitrogen and oxygen atoms in total. The maximum atomic E-state index is 12.6. The van der Waals surface area contributed by atoms with E-state index in [0.717, 1.165) is 11.1 Å². The van der Waals surface area contributed by atoms with Crippen LogP contribution in [0.2, 0.25) is 0 Å². The van der Waals surface area contributed by atoms with Crippen LogP contribution in [0.1, 0.15) is 161 Å². The summed E-state index contributed by atoms with van der Waals surface area (Å²) < 4.78 is 134. The van der Waals surface area contributed by atoms with Gasteiger partial charge < -0.3 is 5.11 Å². The Morgan fingerprint density at radius 1 is 0.606 bits per heavy atom. The molecule has 66 heavy (non-hydrogen) atoms. The van der Waals surface area contributed by atoms with Crippen molar-refractivity contribution >= 4 is 11.0 Å². The lowest BCUT2D eigenvalue weighted by molar-refractivity contribution is 0.446. The summed E-state index contributed by atoms with van der Waals surface area (Å²) in [5.74, 6) is -1.88. The lowest BCUT2D eigenvalue weighted by Crippen LogP contribution is -2.17. The van der Waals surface area contributed by atoms with Crippen molar-refractivity contribution in [3.63, 3.8) is 0 Å². The Hall–Kier alpha value is -6.26. The van der Waals surface area contributed by atoms with E-state index in [0.29, 0.717) is 61.1 Å². The van der Waals surface area contributed by atoms with Crippen LogP contribution in [0.25, 0.3) is 72.7 Å². The van der Waals surface area contributed by atoms with Crippen molar-refractivity contribution in [1.29, 1.82) is 0 Å². The van der Waals surface area contributed by atoms with Gasteiger partial charge in [0.1, 0.15) is 11.6 Å². The third-order valence-electron chi connectivity index (χ3n) is 12.2. The monoisotopic (exact) mass is 887 g/mol. The zero-order valence-electron chi connectivity index (χ0n) is 55.4. The Bertz CT molecular complexity index is 3790. The highest BCUT2D eigenvalue weighted by Gasteiger charge is 2.29. The zero-order valence-corrected chi connectivity index (χ0v) is 40.4. The minimum Gasteiger partial charge on any atom is -0.507 e. The number of nitrogens with zero attached hydrogens (tertiary/aromatic N) is 3. The van der Waals surface area contributed by atoms with Crippen LogP contribution in [-0.4, -0.2) is 19.6 Å². The summed E-state index contributed by atoms with van der Waals surface area (Å²) in [5.41, 5.74) is 4.20. The molecule has 0 amide bonds. The van der Waals surface area contributed by atoms with Gasteiger partial charge in [-0.25, -0.2) is 4.98 Å². The van der Waals surface area contributed by atoms with Gasteiger partial charge in [0.05, 0.1) is 37.6 Å². The molecule has 8 rings (SSSR count). The molecule has 0 aliphatic carbocycles. The van der Waals surface area contributed by atoms with Gasteiger partial charge in [0.25, 0.3) is 0 Å². The number of hydrogen-bond acceptors (Lipinski definition) is 3. The third kappa shape index (κ3) is 9.12. The second-order valence-corrected chi connectivity index (χ2v) is 20.9. The van der Waals surface area contributed by atoms with E-state index in [4.69, 9.17) is 24.2 Å². The molecule has 338 valence electrons. The standard InChI is InChI=1S/C62H69N3O/c1-37(2)44-28-45(38(3)4)30-46(29-44)42-23-24-55(40(6)27-42)65-56-18-16-17-51(57(56)64-59(65)52-35-50(61(10,11)12)36-53(58(52)66)62(13,14)15)47-31-48(33-49(32-47)60(7,8)9)54-34-43(25-26-63-54)41-21-19-39(5)20-22-41/h16-38,66H,1-15H3/i5D3,6D3,19D,20D,21D,22D,25D,26D,34D,37D,38D. The summed E-state index contributed by atoms with van der Waals surface area (Å²) in [6.07, 6.45) is -0.627. The Kier molecular flexibility index (Phi) is 8.03. The van der Waals surface area contributed by atoms with E-state index in [1.807, 2.05) is 102 Å². The molecule has 0 radical (unpaired) electrons. The summed E-state index contributed by atoms with van der Waals surface area (Å²) in [4.78, 5) is 9.86. The van der Waals surface area contributed by atoms with Crippen LogP contribution in [0.4, 0.5) is 0 Å². The number of phenolic OH excluding ortho intramolecular Hbond substituents is 1. The van der Waals surface area contributed by atoms with E-state index in [1.54, 1.807) is 56.5 Å². The molecule has 1 N–H and O–H groups in total. The van der Waals surface area contributed by atoms with Gasteiger partial charge in [-0.05, 0) is 146 Å². The topological polar surface area (TPSA) is 50.9 Å². The van der Waals surface area contributed by atoms with Gasteiger partial charge in [0.15, 0.2) is 0 Å². The van der Waals surface area contributed by atoms with Crippen molar-refractivity contribution in [1.82, 2.24) is 14.5 Å². The van der Waals surface area contributed by atoms with E-state index >= 15 is 0 Å². The van der Waals surface area contributed by atoms with Gasteiger partial charge >= 0.3 is 0 Å². The average molecular weight is 887 g/mol. The van der Waals surface area contributed by atoms with Crippen molar-refractivity contribution in [2.75, 3.05) is 0 Å². The lowest BCUT2D eigenvalue weighted by Gasteiger charge is -2.27. The van der Waals surface area contributed by atoms with Crippen LogP contribution in [0.3, 0.4) is 0 Å². The Balaban J connectivity index is 1.48. The Labute approximate surface area is 415 Å². The summed E-state index contributed by atoms with van der Waals surface area (Å²) >= 11 is 0. The molecule has 2 heterocycles. The molecule has 0 unspecified atom stereocenters. The second-order valence-electron chi connectivity index (χ2n) is 20.9. The quantitative estimate of drug-likeness (QED) is 0.165. The first kappa shape index (κ1) is 30.9. The molecule has 0 spiro atoms. The molecule has 0 atom stereocenters. The fourth-order valence-corrected chi connectivity index (χ4v) is 8.22. The highest BCUT2D eigenvalue weighted by molar-refractivity contribution is 5.97. The number of aryl methyl sites for hydroxylation is 1. The smallest absolute Gasteiger partial charge is 0.149 e. The SMILES string of the molecule is [2H]c1nc(-c2cc(-c3cccc4c3nc(-c3cc(C(C)(C)C)cc(C(C)(C)C)c3O)n4-c3ccc(-c4cc(C([2H])(C)C)cc(C([2H])(C)C)c4)cc3C([2H])([2H])[2H])cc(C(C)(C)C)c2)c([2H])c(-c2c([2H])c([2H])c(C([2H])([2H])[2H])c([2H])c2[2H])c1[2H]. The molecule has 8 aromatic rings. The normalized spacial score (nSPS) is 16.5. The Morgan fingerprint density at radius 2 is 1.27 bits per heavy atom. The van der Waals surface area contributed by atoms with Gasteiger partial charge in [-0.1, -0.05) is 168 Å². The van der Waals surface area contributed by atoms with E-state index in [1.165, 1.54) is 0 Å². The highest BCUT2D eigenvalue weighted by Crippen LogP contribution is 2.45. The summed E-state index contributed by atoms with van der Waals surface area (Å²) in [6, 6.07) is 21.2. The Morgan fingerprint density at radius 3 is 1.89 bits per heavy atom. The first-order chi connectivity index (χ1) is 36.9. The number of phenols is 1. The minimum atomic E-state index is -3.01. The summed E-state index contributed by atoms with van der Waals surface area (Å²) in [6.45, 7) is 19.5. The van der Waals surface area contributed by atoms with E-state index in [2.05, 4.69) is 25.8 Å². The van der Waals surface area contributed by atoms with Gasteiger partial charge in [-0.15, -0.1) is 0 Å². The molecule has 2 aromatic heterocycles. The van der Waals surface area contributed by atoms with Gasteiger partial charge in [0.2, 0.25) is 0 Å². The predicted octanol–water partition coefficient (Wildman–Crippen LogP) is 17.2. The fraction of sp³-hybridized carbons (Fsp3) is 0.323. The molecule has 6 aromatic carbocycles. The number of fused-ring (bicyclic) bond motifs is 1. The van der Waals surface area contributed by atoms with Crippen molar-refractivity contribution in [3.8, 4) is 67.5 Å². The number of aromatic nitrogens is 3. The number of imidazole rings is 1.